The smallest absolute Gasteiger partial charge is 0.305 e. The second-order valence-corrected chi connectivity index (χ2v) is 11.2. The third-order valence-corrected chi connectivity index (χ3v) is 7.37. The van der Waals surface area contributed by atoms with Crippen molar-refractivity contribution in [1.82, 2.24) is 10.6 Å². The summed E-state index contributed by atoms with van der Waals surface area (Å²) in [5.41, 5.74) is 0. The quantitative estimate of drug-likeness (QED) is 0.0981. The Morgan fingerprint density at radius 1 is 1.03 bits per heavy atom. The molecule has 2 unspecified atom stereocenters. The van der Waals surface area contributed by atoms with Crippen molar-refractivity contribution in [3.05, 3.63) is 0 Å². The number of methoxy groups -OCH3 is 1. The number of ether oxygens (including phenoxy) is 3. The van der Waals surface area contributed by atoms with Crippen LogP contribution in [0.1, 0.15) is 65.7 Å². The number of hydrogen-bond acceptors (Lipinski definition) is 9. The Balaban J connectivity index is 3.81. The average Bonchev–Trinajstić information content (AvgIpc) is 2.77. The predicted octanol–water partition coefficient (Wildman–Crippen LogP) is 2.65. The van der Waals surface area contributed by atoms with Gasteiger partial charge in [0, 0.05) is 44.2 Å². The van der Waals surface area contributed by atoms with Crippen molar-refractivity contribution in [2.45, 2.75) is 82.9 Å². The molecule has 0 saturated carbocycles. The molecule has 2 amide bonds. The minimum absolute atomic E-state index is 0.0253. The Morgan fingerprint density at radius 3 is 2.21 bits per heavy atom. The molecule has 0 rings (SSSR count). The van der Waals surface area contributed by atoms with E-state index in [0.717, 1.165) is 6.42 Å². The molecule has 194 valence electrons. The van der Waals surface area contributed by atoms with Crippen LogP contribution in [0.3, 0.4) is 0 Å². The first-order chi connectivity index (χ1) is 15.7. The number of esters is 1. The van der Waals surface area contributed by atoms with Crippen LogP contribution in [0.5, 0.6) is 0 Å². The average molecular weight is 511 g/mol. The van der Waals surface area contributed by atoms with E-state index >= 15 is 0 Å². The van der Waals surface area contributed by atoms with Gasteiger partial charge in [-0.1, -0.05) is 28.5 Å². The summed E-state index contributed by atoms with van der Waals surface area (Å²) in [4.78, 5) is 35.6. The largest absolute Gasteiger partial charge is 0.460 e. The van der Waals surface area contributed by atoms with Crippen LogP contribution in [0.2, 0.25) is 0 Å². The molecule has 3 N–H and O–H groups in total. The minimum Gasteiger partial charge on any atom is -0.460 e. The normalized spacial score (nSPS) is 13.3. The van der Waals surface area contributed by atoms with E-state index in [1.807, 2.05) is 13.2 Å². The second-order valence-electron chi connectivity index (χ2n) is 8.11. The topological polar surface area (TPSA) is 123 Å². The standard InChI is InChI=1S/C22H42N2O7S2/c1-6-17(15-25)31-21(29-4)16-30-20(28)10-7-9-18(26)23-13-8-14-24-19(27)11-12-22(2,3)33-32-5/h17,21,25H,6-16H2,1-5H3,(H,23,26)(H,24,27). The Bertz CT molecular complexity index is 561. The van der Waals surface area contributed by atoms with Gasteiger partial charge in [-0.05, 0) is 45.8 Å². The summed E-state index contributed by atoms with van der Waals surface area (Å²) in [6, 6.07) is 0. The van der Waals surface area contributed by atoms with Crippen molar-refractivity contribution >= 4 is 39.4 Å². The molecule has 0 saturated heterocycles. The zero-order valence-corrected chi connectivity index (χ0v) is 22.3. The van der Waals surface area contributed by atoms with E-state index in [-0.39, 0.29) is 48.7 Å². The van der Waals surface area contributed by atoms with Crippen molar-refractivity contribution in [2.75, 3.05) is 39.7 Å². The Labute approximate surface area is 206 Å². The number of aliphatic hydroxyl groups is 1. The zero-order valence-electron chi connectivity index (χ0n) is 20.6. The molecular weight excluding hydrogens is 468 g/mol. The van der Waals surface area contributed by atoms with Crippen molar-refractivity contribution in [3.63, 3.8) is 0 Å². The van der Waals surface area contributed by atoms with Crippen molar-refractivity contribution < 1.29 is 33.7 Å². The number of hydrogen-bond donors (Lipinski definition) is 3. The van der Waals surface area contributed by atoms with Gasteiger partial charge in [0.05, 0.1) is 12.7 Å². The number of nitrogens with one attached hydrogen (secondary N) is 2. The van der Waals surface area contributed by atoms with Gasteiger partial charge >= 0.3 is 5.97 Å². The monoisotopic (exact) mass is 510 g/mol. The molecule has 0 heterocycles. The van der Waals surface area contributed by atoms with Gasteiger partial charge in [-0.2, -0.15) is 0 Å². The summed E-state index contributed by atoms with van der Waals surface area (Å²) in [5.74, 6) is -0.554. The number of aliphatic hydroxyl groups excluding tert-OH is 1. The lowest BCUT2D eigenvalue weighted by Gasteiger charge is -2.21. The van der Waals surface area contributed by atoms with Crippen LogP contribution in [0.4, 0.5) is 0 Å². The molecule has 0 aromatic carbocycles. The molecule has 0 aliphatic rings. The van der Waals surface area contributed by atoms with Crippen LogP contribution in [-0.2, 0) is 28.6 Å². The molecule has 0 spiro atoms. The predicted molar refractivity (Wildman–Crippen MR) is 133 cm³/mol. The van der Waals surface area contributed by atoms with E-state index in [1.54, 1.807) is 21.6 Å². The first kappa shape index (κ1) is 32.0. The summed E-state index contributed by atoms with van der Waals surface area (Å²) in [6.45, 7) is 6.90. The Kier molecular flexibility index (Phi) is 18.7. The molecule has 2 atom stereocenters. The van der Waals surface area contributed by atoms with Crippen molar-refractivity contribution in [3.8, 4) is 0 Å². The number of rotatable bonds is 20. The maximum absolute atomic E-state index is 11.9. The molecule has 0 radical (unpaired) electrons. The molecular formula is C22H42N2O7S2. The molecule has 33 heavy (non-hydrogen) atoms. The van der Waals surface area contributed by atoms with E-state index in [1.165, 1.54) is 7.11 Å². The van der Waals surface area contributed by atoms with E-state index in [9.17, 15) is 14.4 Å². The summed E-state index contributed by atoms with van der Waals surface area (Å²) >= 11 is 0. The fourth-order valence-corrected chi connectivity index (χ4v) is 4.92. The third-order valence-electron chi connectivity index (χ3n) is 4.69. The van der Waals surface area contributed by atoms with Crippen LogP contribution in [0.25, 0.3) is 0 Å². The van der Waals surface area contributed by atoms with Gasteiger partial charge in [-0.15, -0.1) is 0 Å². The molecule has 0 aromatic heterocycles. The van der Waals surface area contributed by atoms with E-state index in [4.69, 9.17) is 19.3 Å². The zero-order chi connectivity index (χ0) is 25.1. The van der Waals surface area contributed by atoms with Gasteiger partial charge in [0.15, 0.2) is 6.29 Å². The Hall–Kier alpha value is -1.01. The van der Waals surface area contributed by atoms with Gasteiger partial charge in [-0.25, -0.2) is 0 Å². The van der Waals surface area contributed by atoms with Gasteiger partial charge in [0.1, 0.15) is 6.61 Å². The van der Waals surface area contributed by atoms with Crippen LogP contribution in [0.15, 0.2) is 0 Å². The maximum Gasteiger partial charge on any atom is 0.305 e. The van der Waals surface area contributed by atoms with Crippen molar-refractivity contribution in [2.24, 2.45) is 0 Å². The summed E-state index contributed by atoms with van der Waals surface area (Å²) in [5, 5.41) is 14.8. The van der Waals surface area contributed by atoms with E-state index < -0.39 is 12.3 Å². The van der Waals surface area contributed by atoms with Gasteiger partial charge in [-0.3, -0.25) is 14.4 Å². The number of carbonyl (C=O) groups excluding carboxylic acids is 3. The van der Waals surface area contributed by atoms with Gasteiger partial charge < -0.3 is 30.0 Å². The molecule has 0 aliphatic heterocycles. The lowest BCUT2D eigenvalue weighted by atomic mass is 10.1. The second kappa shape index (κ2) is 19.3. The van der Waals surface area contributed by atoms with Crippen LogP contribution in [-0.4, -0.2) is 79.7 Å². The molecule has 0 bridgehead atoms. The fraction of sp³-hybridized carbons (Fsp3) is 0.864. The fourth-order valence-electron chi connectivity index (χ4n) is 2.67. The maximum atomic E-state index is 11.9. The lowest BCUT2D eigenvalue weighted by molar-refractivity contribution is -0.194. The summed E-state index contributed by atoms with van der Waals surface area (Å²) in [7, 11) is 4.91. The molecule has 11 heteroatoms. The van der Waals surface area contributed by atoms with Crippen molar-refractivity contribution in [1.29, 1.82) is 0 Å². The third kappa shape index (κ3) is 18.0. The first-order valence-electron chi connectivity index (χ1n) is 11.4. The highest BCUT2D eigenvalue weighted by Crippen LogP contribution is 2.36. The van der Waals surface area contributed by atoms with Crippen LogP contribution >= 0.6 is 21.6 Å². The van der Waals surface area contributed by atoms with Crippen LogP contribution in [0, 0.1) is 0 Å². The molecule has 9 nitrogen and oxygen atoms in total. The SMILES string of the molecule is CCC(CO)OC(COC(=O)CCCC(=O)NCCCNC(=O)CCC(C)(C)SSC)OC. The number of carbonyl (C=O) groups is 3. The van der Waals surface area contributed by atoms with Gasteiger partial charge in [0.25, 0.3) is 0 Å². The summed E-state index contributed by atoms with van der Waals surface area (Å²) in [6.07, 6.45) is 4.18. The number of amides is 2. The first-order valence-corrected chi connectivity index (χ1v) is 13.9. The lowest BCUT2D eigenvalue weighted by Crippen LogP contribution is -2.31. The Morgan fingerprint density at radius 2 is 1.67 bits per heavy atom. The molecule has 0 aliphatic carbocycles. The highest BCUT2D eigenvalue weighted by molar-refractivity contribution is 8.76. The highest BCUT2D eigenvalue weighted by atomic mass is 33.1. The van der Waals surface area contributed by atoms with Gasteiger partial charge in [0.2, 0.25) is 11.8 Å². The molecule has 0 aromatic rings. The highest BCUT2D eigenvalue weighted by Gasteiger charge is 2.19. The van der Waals surface area contributed by atoms with E-state index in [2.05, 4.69) is 24.5 Å². The van der Waals surface area contributed by atoms with Crippen LogP contribution < -0.4 is 10.6 Å². The molecule has 0 fully saturated rings. The minimum atomic E-state index is -0.740. The van der Waals surface area contributed by atoms with E-state index in [0.29, 0.717) is 38.8 Å². The summed E-state index contributed by atoms with van der Waals surface area (Å²) < 4.78 is 15.7.